The monoisotopic (exact) mass is 666 g/mol. The molecule has 46 heavy (non-hydrogen) atoms. The Bertz CT molecular complexity index is 1740. The fraction of sp³-hybridized carbons (Fsp3) is 0.412. The van der Waals surface area contributed by atoms with Crippen LogP contribution in [0.2, 0.25) is 10.0 Å². The molecule has 0 radical (unpaired) electrons. The molecule has 2 unspecified atom stereocenters. The third kappa shape index (κ3) is 5.89. The number of piperidine rings is 1. The minimum atomic E-state index is -1.55. The summed E-state index contributed by atoms with van der Waals surface area (Å²) in [7, 11) is 2.84. The summed E-state index contributed by atoms with van der Waals surface area (Å²) in [6, 6.07) is 15.3. The average molecular weight is 668 g/mol. The first kappa shape index (κ1) is 32.1. The van der Waals surface area contributed by atoms with E-state index in [1.165, 1.54) is 14.1 Å². The lowest BCUT2D eigenvalue weighted by Crippen LogP contribution is -2.67. The van der Waals surface area contributed by atoms with E-state index >= 15 is 0 Å². The number of urea groups is 1. The highest BCUT2D eigenvalue weighted by Gasteiger charge is 2.56. The Morgan fingerprint density at radius 1 is 0.826 bits per heavy atom. The van der Waals surface area contributed by atoms with Gasteiger partial charge < -0.3 is 18.9 Å². The molecule has 12 heteroatoms. The molecule has 0 spiro atoms. The minimum absolute atomic E-state index is 0.00832. The van der Waals surface area contributed by atoms with Gasteiger partial charge in [0.2, 0.25) is 11.8 Å². The van der Waals surface area contributed by atoms with Gasteiger partial charge in [-0.05, 0) is 67.1 Å². The van der Waals surface area contributed by atoms with Gasteiger partial charge in [-0.15, -0.1) is 0 Å². The molecule has 0 N–H and O–H groups in total. The van der Waals surface area contributed by atoms with Crippen molar-refractivity contribution in [3.05, 3.63) is 91.8 Å². The van der Waals surface area contributed by atoms with E-state index < -0.39 is 23.3 Å². The number of aromatic nitrogens is 1. The fourth-order valence-corrected chi connectivity index (χ4v) is 7.49. The topological polar surface area (TPSA) is 101 Å². The van der Waals surface area contributed by atoms with Crippen molar-refractivity contribution in [2.45, 2.75) is 38.8 Å². The van der Waals surface area contributed by atoms with Gasteiger partial charge in [-0.2, -0.15) is 0 Å². The van der Waals surface area contributed by atoms with Crippen molar-refractivity contribution in [2.24, 2.45) is 11.3 Å². The van der Waals surface area contributed by atoms with Gasteiger partial charge in [0.15, 0.2) is 11.5 Å². The summed E-state index contributed by atoms with van der Waals surface area (Å²) in [5.41, 5.74) is 0.938. The number of halogens is 2. The zero-order valence-corrected chi connectivity index (χ0v) is 27.5. The molecule has 1 aromatic heterocycles. The number of fused-ring (bicyclic) bond motifs is 4. The summed E-state index contributed by atoms with van der Waals surface area (Å²) in [5.74, 6) is 0.191. The number of imide groups is 2. The van der Waals surface area contributed by atoms with Crippen LogP contribution in [0.4, 0.5) is 4.79 Å². The Morgan fingerprint density at radius 2 is 1.57 bits per heavy atom. The maximum Gasteiger partial charge on any atom is 0.332 e. The standard InChI is InChI=1S/C34H36Cl2N4O6/c1-4-45-29-14-21(9-11-28(29)46-19-22-8-10-25(35)26(36)13-22)15-34(31(42)37(2)33(44)38(3)32(34)43)20-39-16-23-12-24(18-39)27-6-5-7-30(41)40(27)17-23/h5-11,13-14,23-24H,4,12,15-20H2,1-3H3. The Kier molecular flexibility index (Phi) is 8.89. The zero-order valence-electron chi connectivity index (χ0n) is 26.0. The second-order valence-electron chi connectivity index (χ2n) is 12.4. The van der Waals surface area contributed by atoms with E-state index in [9.17, 15) is 19.2 Å². The molecule has 2 aromatic carbocycles. The SMILES string of the molecule is CCOc1cc(CC2(CN3CC4CC(C3)c3cccc(=O)n3C4)C(=O)N(C)C(=O)N(C)C2=O)ccc1OCc1ccc(Cl)c(Cl)c1. The largest absolute Gasteiger partial charge is 0.490 e. The van der Waals surface area contributed by atoms with Crippen LogP contribution in [0.3, 0.4) is 0 Å². The number of likely N-dealkylation sites (tertiary alicyclic amines) is 1. The van der Waals surface area contributed by atoms with Crippen LogP contribution < -0.4 is 15.0 Å². The lowest BCUT2D eigenvalue weighted by Gasteiger charge is -2.48. The minimum Gasteiger partial charge on any atom is -0.490 e. The molecule has 0 saturated carbocycles. The summed E-state index contributed by atoms with van der Waals surface area (Å²) in [6.45, 7) is 4.41. The van der Waals surface area contributed by atoms with Gasteiger partial charge >= 0.3 is 6.03 Å². The predicted octanol–water partition coefficient (Wildman–Crippen LogP) is 4.83. The number of nitrogens with zero attached hydrogens (tertiary/aromatic N) is 4. The third-order valence-corrected chi connectivity index (χ3v) is 9.98. The predicted molar refractivity (Wildman–Crippen MR) is 173 cm³/mol. The van der Waals surface area contributed by atoms with Crippen molar-refractivity contribution in [2.75, 3.05) is 40.3 Å². The van der Waals surface area contributed by atoms with Gasteiger partial charge in [0.1, 0.15) is 12.0 Å². The first-order valence-corrected chi connectivity index (χ1v) is 16.1. The van der Waals surface area contributed by atoms with Crippen molar-refractivity contribution >= 4 is 41.0 Å². The van der Waals surface area contributed by atoms with Crippen LogP contribution in [0.25, 0.3) is 0 Å². The Balaban J connectivity index is 1.30. The zero-order chi connectivity index (χ0) is 32.7. The van der Waals surface area contributed by atoms with Crippen molar-refractivity contribution in [1.29, 1.82) is 0 Å². The molecule has 3 aromatic rings. The van der Waals surface area contributed by atoms with E-state index in [0.717, 1.165) is 27.5 Å². The summed E-state index contributed by atoms with van der Waals surface area (Å²) >= 11 is 12.2. The van der Waals surface area contributed by atoms with Gasteiger partial charge in [0.25, 0.3) is 5.56 Å². The number of benzene rings is 2. The van der Waals surface area contributed by atoms with E-state index in [0.29, 0.717) is 53.3 Å². The van der Waals surface area contributed by atoms with Crippen molar-refractivity contribution < 1.29 is 23.9 Å². The summed E-state index contributed by atoms with van der Waals surface area (Å²) in [4.78, 5) is 57.8. The van der Waals surface area contributed by atoms with Gasteiger partial charge in [-0.1, -0.05) is 41.4 Å². The summed E-state index contributed by atoms with van der Waals surface area (Å²) in [6.07, 6.45) is 0.996. The second-order valence-corrected chi connectivity index (χ2v) is 13.2. The molecule has 0 aliphatic carbocycles. The Morgan fingerprint density at radius 3 is 2.28 bits per heavy atom. The first-order valence-electron chi connectivity index (χ1n) is 15.4. The van der Waals surface area contributed by atoms with Gasteiger partial charge in [-0.3, -0.25) is 24.2 Å². The van der Waals surface area contributed by atoms with Gasteiger partial charge in [0, 0.05) is 58.0 Å². The molecule has 3 aliphatic heterocycles. The van der Waals surface area contributed by atoms with Gasteiger partial charge in [0.05, 0.1) is 16.7 Å². The van der Waals surface area contributed by atoms with Crippen LogP contribution in [0.5, 0.6) is 11.5 Å². The van der Waals surface area contributed by atoms with Crippen LogP contribution in [0, 0.1) is 11.3 Å². The highest BCUT2D eigenvalue weighted by atomic mass is 35.5. The van der Waals surface area contributed by atoms with Crippen LogP contribution in [0.15, 0.2) is 59.4 Å². The highest BCUT2D eigenvalue weighted by molar-refractivity contribution is 6.42. The number of amides is 4. The second kappa shape index (κ2) is 12.7. The van der Waals surface area contributed by atoms with Crippen molar-refractivity contribution in [3.8, 4) is 11.5 Å². The third-order valence-electron chi connectivity index (χ3n) is 9.24. The maximum atomic E-state index is 14.1. The summed E-state index contributed by atoms with van der Waals surface area (Å²) in [5, 5.41) is 0.885. The van der Waals surface area contributed by atoms with Crippen LogP contribution in [-0.2, 0) is 29.2 Å². The highest BCUT2D eigenvalue weighted by Crippen LogP contribution is 2.40. The maximum absolute atomic E-state index is 14.1. The number of rotatable bonds is 9. The number of hydrogen-bond acceptors (Lipinski definition) is 7. The number of carbonyl (C=O) groups is 3. The van der Waals surface area contributed by atoms with Crippen LogP contribution in [-0.4, -0.2) is 77.4 Å². The number of pyridine rings is 1. The number of ether oxygens (including phenoxy) is 2. The van der Waals surface area contributed by atoms with Crippen molar-refractivity contribution in [3.63, 3.8) is 0 Å². The molecule has 6 rings (SSSR count). The molecule has 2 atom stereocenters. The lowest BCUT2D eigenvalue weighted by atomic mass is 9.75. The van der Waals surface area contributed by atoms with E-state index in [-0.39, 0.29) is 37.0 Å². The van der Waals surface area contributed by atoms with E-state index in [1.807, 2.05) is 29.7 Å². The molecule has 10 nitrogen and oxygen atoms in total. The quantitative estimate of drug-likeness (QED) is 0.302. The molecule has 4 amide bonds. The smallest absolute Gasteiger partial charge is 0.332 e. The van der Waals surface area contributed by atoms with Crippen LogP contribution >= 0.6 is 23.2 Å². The molecular formula is C34H36Cl2N4O6. The van der Waals surface area contributed by atoms with E-state index in [1.54, 1.807) is 36.4 Å². The number of carbonyl (C=O) groups excluding carboxylic acids is 3. The molecule has 242 valence electrons. The number of barbiturate groups is 1. The molecule has 2 bridgehead atoms. The molecule has 4 heterocycles. The van der Waals surface area contributed by atoms with E-state index in [2.05, 4.69) is 4.90 Å². The van der Waals surface area contributed by atoms with Crippen LogP contribution in [0.1, 0.15) is 36.1 Å². The Hall–Kier alpha value is -3.86. The molecule has 3 aliphatic rings. The fourth-order valence-electron chi connectivity index (χ4n) is 7.17. The number of hydrogen-bond donors (Lipinski definition) is 0. The lowest BCUT2D eigenvalue weighted by molar-refractivity contribution is -0.159. The normalized spacial score (nSPS) is 20.9. The molecule has 2 saturated heterocycles. The van der Waals surface area contributed by atoms with E-state index in [4.69, 9.17) is 32.7 Å². The molecule has 2 fully saturated rings. The summed E-state index contributed by atoms with van der Waals surface area (Å²) < 4.78 is 13.9. The first-order chi connectivity index (χ1) is 22.0. The van der Waals surface area contributed by atoms with Gasteiger partial charge in [-0.25, -0.2) is 4.79 Å². The molecular weight excluding hydrogens is 631 g/mol. The van der Waals surface area contributed by atoms with Crippen molar-refractivity contribution in [1.82, 2.24) is 19.3 Å². The Labute approximate surface area is 277 Å². The average Bonchev–Trinajstić information content (AvgIpc) is 3.04.